The summed E-state index contributed by atoms with van der Waals surface area (Å²) in [5, 5.41) is 5.83. The van der Waals surface area contributed by atoms with Crippen molar-refractivity contribution in [1.82, 2.24) is 5.32 Å². The smallest absolute Gasteiger partial charge is 0.275 e. The number of nitrogens with one attached hydrogen (secondary N) is 1. The first-order chi connectivity index (χ1) is 11.4. The van der Waals surface area contributed by atoms with Crippen LogP contribution >= 0.6 is 11.6 Å². The Morgan fingerprint density at radius 1 is 1.04 bits per heavy atom. The van der Waals surface area contributed by atoms with E-state index in [1.54, 1.807) is 0 Å². The second-order valence-corrected chi connectivity index (χ2v) is 6.85. The van der Waals surface area contributed by atoms with Crippen molar-refractivity contribution in [1.29, 1.82) is 0 Å². The number of hydrogen-bond acceptors (Lipinski definition) is 1. The summed E-state index contributed by atoms with van der Waals surface area (Å²) < 4.78 is 0. The van der Waals surface area contributed by atoms with E-state index >= 15 is 0 Å². The monoisotopic (exact) mass is 345 g/mol. The minimum absolute atomic E-state index is 0.0102. The van der Waals surface area contributed by atoms with Crippen LogP contribution in [0.3, 0.4) is 0 Å². The molecule has 2 aromatic carbocycles. The molecule has 0 aliphatic rings. The lowest BCUT2D eigenvalue weighted by Gasteiger charge is -2.16. The second kappa shape index (κ2) is 8.32. The van der Waals surface area contributed by atoms with Gasteiger partial charge in [-0.2, -0.15) is 0 Å². The summed E-state index contributed by atoms with van der Waals surface area (Å²) in [5.74, 6) is 0.0431. The molecule has 0 unspecified atom stereocenters. The van der Waals surface area contributed by atoms with Crippen LogP contribution in [-0.2, 0) is 4.79 Å². The van der Waals surface area contributed by atoms with E-state index < -0.39 is 0 Å². The lowest BCUT2D eigenvalue weighted by molar-refractivity contribution is -0.682. The molecule has 0 heterocycles. The Labute approximate surface area is 149 Å². The van der Waals surface area contributed by atoms with Crippen molar-refractivity contribution < 1.29 is 10.1 Å². The number of aryl methyl sites for hydroxylation is 2. The van der Waals surface area contributed by atoms with E-state index in [9.17, 15) is 4.79 Å². The number of halogens is 1. The van der Waals surface area contributed by atoms with E-state index in [2.05, 4.69) is 44.3 Å². The highest BCUT2D eigenvalue weighted by Gasteiger charge is 2.14. The average Bonchev–Trinajstić information content (AvgIpc) is 2.55. The molecule has 0 radical (unpaired) electrons. The van der Waals surface area contributed by atoms with Gasteiger partial charge in [-0.05, 0) is 56.5 Å². The van der Waals surface area contributed by atoms with Crippen LogP contribution in [0.1, 0.15) is 48.2 Å². The van der Waals surface area contributed by atoms with Gasteiger partial charge in [-0.25, -0.2) is 0 Å². The molecule has 2 rings (SSSR count). The van der Waals surface area contributed by atoms with Crippen LogP contribution in [0.25, 0.3) is 0 Å². The lowest BCUT2D eigenvalue weighted by Crippen LogP contribution is -2.87. The Morgan fingerprint density at radius 2 is 1.67 bits per heavy atom. The van der Waals surface area contributed by atoms with Crippen molar-refractivity contribution in [2.45, 2.75) is 39.8 Å². The van der Waals surface area contributed by atoms with Gasteiger partial charge in [0.2, 0.25) is 0 Å². The van der Waals surface area contributed by atoms with Crippen molar-refractivity contribution in [3.8, 4) is 0 Å². The van der Waals surface area contributed by atoms with Gasteiger partial charge < -0.3 is 10.6 Å². The van der Waals surface area contributed by atoms with Gasteiger partial charge in [0.1, 0.15) is 6.04 Å². The minimum Gasteiger partial charge on any atom is -0.345 e. The number of carbonyl (C=O) groups excluding carboxylic acids is 1. The first-order valence-corrected chi connectivity index (χ1v) is 8.70. The maximum absolute atomic E-state index is 12.2. The summed E-state index contributed by atoms with van der Waals surface area (Å²) >= 11 is 5.91. The first-order valence-electron chi connectivity index (χ1n) is 8.32. The third-order valence-electron chi connectivity index (χ3n) is 4.46. The van der Waals surface area contributed by atoms with E-state index in [4.69, 9.17) is 11.6 Å². The molecule has 0 saturated carbocycles. The molecule has 0 fully saturated rings. The van der Waals surface area contributed by atoms with Crippen molar-refractivity contribution in [2.24, 2.45) is 0 Å². The summed E-state index contributed by atoms with van der Waals surface area (Å²) in [6.45, 7) is 8.69. The van der Waals surface area contributed by atoms with Crippen LogP contribution in [-0.4, -0.2) is 12.5 Å². The van der Waals surface area contributed by atoms with Gasteiger partial charge >= 0.3 is 0 Å². The number of carbonyl (C=O) groups is 1. The normalized spacial score (nSPS) is 13.4. The Kier molecular flexibility index (Phi) is 6.41. The molecule has 2 aromatic rings. The lowest BCUT2D eigenvalue weighted by atomic mass is 10.0. The summed E-state index contributed by atoms with van der Waals surface area (Å²) in [4.78, 5) is 12.2. The van der Waals surface area contributed by atoms with E-state index in [1.165, 1.54) is 11.1 Å². The van der Waals surface area contributed by atoms with Gasteiger partial charge in [0, 0.05) is 10.6 Å². The molecule has 3 nitrogen and oxygen atoms in total. The van der Waals surface area contributed by atoms with Gasteiger partial charge in [0.15, 0.2) is 6.54 Å². The number of quaternary nitrogens is 1. The molecule has 2 atom stereocenters. The largest absolute Gasteiger partial charge is 0.345 e. The number of amides is 1. The second-order valence-electron chi connectivity index (χ2n) is 6.41. The van der Waals surface area contributed by atoms with Crippen molar-refractivity contribution >= 4 is 17.5 Å². The third kappa shape index (κ3) is 5.08. The number of benzene rings is 2. The summed E-state index contributed by atoms with van der Waals surface area (Å²) in [6.07, 6.45) is 0. The molecule has 0 aliphatic carbocycles. The number of hydrogen-bond donors (Lipinski definition) is 2. The topological polar surface area (TPSA) is 45.7 Å². The molecule has 0 saturated heterocycles. The van der Waals surface area contributed by atoms with Gasteiger partial charge in [0.25, 0.3) is 5.91 Å². The molecule has 3 N–H and O–H groups in total. The Morgan fingerprint density at radius 3 is 2.29 bits per heavy atom. The standard InChI is InChI=1S/C20H25ClN2O/c1-13-5-6-18(11-14(13)2)16(4)23-20(24)12-22-15(3)17-7-9-19(21)10-8-17/h5-11,15-16,22H,12H2,1-4H3,(H,23,24)/p+1/t15-,16-/m0/s1. The van der Waals surface area contributed by atoms with Crippen LogP contribution in [0.15, 0.2) is 42.5 Å². The van der Waals surface area contributed by atoms with E-state index in [0.717, 1.165) is 16.1 Å². The Balaban J connectivity index is 1.86. The van der Waals surface area contributed by atoms with Gasteiger partial charge in [-0.3, -0.25) is 4.79 Å². The maximum atomic E-state index is 12.2. The fraction of sp³-hybridized carbons (Fsp3) is 0.350. The highest BCUT2D eigenvalue weighted by molar-refractivity contribution is 6.30. The molecule has 0 bridgehead atoms. The molecular formula is C20H26ClN2O+. The molecule has 0 aliphatic heterocycles. The van der Waals surface area contributed by atoms with Gasteiger partial charge in [-0.15, -0.1) is 0 Å². The van der Waals surface area contributed by atoms with Crippen LogP contribution in [0.5, 0.6) is 0 Å². The van der Waals surface area contributed by atoms with E-state index in [0.29, 0.717) is 6.54 Å². The molecule has 0 spiro atoms. The van der Waals surface area contributed by atoms with E-state index in [-0.39, 0.29) is 18.0 Å². The van der Waals surface area contributed by atoms with Crippen LogP contribution in [0.2, 0.25) is 5.02 Å². The van der Waals surface area contributed by atoms with Crippen molar-refractivity contribution in [3.05, 3.63) is 69.7 Å². The first kappa shape index (κ1) is 18.5. The molecule has 0 aromatic heterocycles. The van der Waals surface area contributed by atoms with Gasteiger partial charge in [0.05, 0.1) is 6.04 Å². The predicted molar refractivity (Wildman–Crippen MR) is 99.1 cm³/mol. The summed E-state index contributed by atoms with van der Waals surface area (Å²) in [7, 11) is 0. The quantitative estimate of drug-likeness (QED) is 0.827. The van der Waals surface area contributed by atoms with Crippen molar-refractivity contribution in [2.75, 3.05) is 6.54 Å². The number of nitrogens with two attached hydrogens (primary N) is 1. The maximum Gasteiger partial charge on any atom is 0.275 e. The van der Waals surface area contributed by atoms with Crippen molar-refractivity contribution in [3.63, 3.8) is 0 Å². The fourth-order valence-corrected chi connectivity index (χ4v) is 2.73. The molecule has 4 heteroatoms. The zero-order valence-electron chi connectivity index (χ0n) is 14.8. The minimum atomic E-state index is 0.0102. The summed E-state index contributed by atoms with van der Waals surface area (Å²) in [6, 6.07) is 14.3. The molecule has 1 amide bonds. The van der Waals surface area contributed by atoms with Gasteiger partial charge in [-0.1, -0.05) is 41.9 Å². The van der Waals surface area contributed by atoms with Crippen LogP contribution in [0, 0.1) is 13.8 Å². The SMILES string of the molecule is Cc1ccc([C@H](C)NC(=O)C[NH2+][C@@H](C)c2ccc(Cl)cc2)cc1C. The fourth-order valence-electron chi connectivity index (χ4n) is 2.60. The molecular weight excluding hydrogens is 320 g/mol. The zero-order valence-corrected chi connectivity index (χ0v) is 15.5. The Bertz CT molecular complexity index is 697. The molecule has 128 valence electrons. The van der Waals surface area contributed by atoms with Crippen LogP contribution < -0.4 is 10.6 Å². The summed E-state index contributed by atoms with van der Waals surface area (Å²) in [5.41, 5.74) is 4.81. The number of rotatable bonds is 6. The highest BCUT2D eigenvalue weighted by atomic mass is 35.5. The van der Waals surface area contributed by atoms with E-state index in [1.807, 2.05) is 36.5 Å². The Hall–Kier alpha value is -1.84. The molecule has 24 heavy (non-hydrogen) atoms. The third-order valence-corrected chi connectivity index (χ3v) is 4.71. The average molecular weight is 346 g/mol. The zero-order chi connectivity index (χ0) is 17.7. The highest BCUT2D eigenvalue weighted by Crippen LogP contribution is 2.16. The van der Waals surface area contributed by atoms with Crippen LogP contribution in [0.4, 0.5) is 0 Å². The predicted octanol–water partition coefficient (Wildman–Crippen LogP) is 3.46.